The molecule has 1 rings (SSSR count). The van der Waals surface area contributed by atoms with Crippen molar-refractivity contribution in [2.45, 2.75) is 38.1 Å². The van der Waals surface area contributed by atoms with E-state index in [0.29, 0.717) is 17.6 Å². The fourth-order valence-corrected chi connectivity index (χ4v) is 3.07. The van der Waals surface area contributed by atoms with E-state index in [4.69, 9.17) is 5.73 Å². The van der Waals surface area contributed by atoms with Gasteiger partial charge in [0.25, 0.3) is 0 Å². The SMILES string of the molecule is CC(C)CC(C)N(C)c1cccc(S(C)(=O)=O)c1N. The molecule has 0 saturated heterocycles. The topological polar surface area (TPSA) is 63.4 Å². The molecule has 0 radical (unpaired) electrons. The molecule has 1 aromatic carbocycles. The van der Waals surface area contributed by atoms with Crippen LogP contribution in [-0.2, 0) is 9.84 Å². The molecule has 0 amide bonds. The number of hydrogen-bond acceptors (Lipinski definition) is 4. The zero-order valence-corrected chi connectivity index (χ0v) is 13.2. The first-order chi connectivity index (χ1) is 8.64. The summed E-state index contributed by atoms with van der Waals surface area (Å²) in [6.45, 7) is 6.45. The van der Waals surface area contributed by atoms with Gasteiger partial charge in [-0.3, -0.25) is 0 Å². The Kier molecular flexibility index (Phi) is 4.85. The Morgan fingerprint density at radius 3 is 2.32 bits per heavy atom. The van der Waals surface area contributed by atoms with Crippen LogP contribution in [0, 0.1) is 5.92 Å². The van der Waals surface area contributed by atoms with E-state index in [1.807, 2.05) is 18.0 Å². The maximum absolute atomic E-state index is 11.7. The van der Waals surface area contributed by atoms with E-state index in [2.05, 4.69) is 20.8 Å². The van der Waals surface area contributed by atoms with Crippen molar-refractivity contribution in [1.82, 2.24) is 0 Å². The lowest BCUT2D eigenvalue weighted by Crippen LogP contribution is -2.31. The van der Waals surface area contributed by atoms with Gasteiger partial charge >= 0.3 is 0 Å². The summed E-state index contributed by atoms with van der Waals surface area (Å²) in [7, 11) is -1.34. The van der Waals surface area contributed by atoms with Crippen molar-refractivity contribution in [3.05, 3.63) is 18.2 Å². The fraction of sp³-hybridized carbons (Fsp3) is 0.571. The van der Waals surface area contributed by atoms with E-state index < -0.39 is 9.84 Å². The molecule has 0 aliphatic rings. The minimum Gasteiger partial charge on any atom is -0.396 e. The Morgan fingerprint density at radius 1 is 1.26 bits per heavy atom. The van der Waals surface area contributed by atoms with Crippen molar-refractivity contribution in [2.24, 2.45) is 5.92 Å². The number of nitrogens with zero attached hydrogens (tertiary/aromatic N) is 1. The van der Waals surface area contributed by atoms with E-state index in [0.717, 1.165) is 12.1 Å². The molecule has 4 nitrogen and oxygen atoms in total. The number of para-hydroxylation sites is 1. The van der Waals surface area contributed by atoms with Gasteiger partial charge in [-0.05, 0) is 31.4 Å². The lowest BCUT2D eigenvalue weighted by atomic mass is 10.0. The average molecular weight is 284 g/mol. The summed E-state index contributed by atoms with van der Waals surface area (Å²) in [6.07, 6.45) is 2.21. The monoisotopic (exact) mass is 284 g/mol. The Balaban J connectivity index is 3.15. The van der Waals surface area contributed by atoms with Crippen LogP contribution in [0.4, 0.5) is 11.4 Å². The van der Waals surface area contributed by atoms with Gasteiger partial charge in [0.2, 0.25) is 0 Å². The van der Waals surface area contributed by atoms with Crippen LogP contribution in [0.15, 0.2) is 23.1 Å². The highest BCUT2D eigenvalue weighted by atomic mass is 32.2. The Bertz CT molecular complexity index is 538. The summed E-state index contributed by atoms with van der Waals surface area (Å²) in [5.74, 6) is 0.580. The first-order valence-electron chi connectivity index (χ1n) is 6.46. The number of sulfone groups is 1. The zero-order chi connectivity index (χ0) is 14.8. The van der Waals surface area contributed by atoms with Gasteiger partial charge in [-0.25, -0.2) is 8.42 Å². The van der Waals surface area contributed by atoms with Crippen LogP contribution in [0.2, 0.25) is 0 Å². The highest BCUT2D eigenvalue weighted by Gasteiger charge is 2.19. The van der Waals surface area contributed by atoms with E-state index in [1.54, 1.807) is 12.1 Å². The highest BCUT2D eigenvalue weighted by molar-refractivity contribution is 7.90. The standard InChI is InChI=1S/C14H24N2O2S/c1-10(2)9-11(3)16(4)12-7-6-8-13(14(12)15)19(5,17)18/h6-8,10-11H,9,15H2,1-5H3. The fourth-order valence-electron chi connectivity index (χ4n) is 2.24. The minimum absolute atomic E-state index is 0.202. The van der Waals surface area contributed by atoms with Gasteiger partial charge in [0.15, 0.2) is 9.84 Å². The molecule has 0 aliphatic heterocycles. The largest absolute Gasteiger partial charge is 0.396 e. The molecule has 5 heteroatoms. The zero-order valence-electron chi connectivity index (χ0n) is 12.3. The second kappa shape index (κ2) is 5.82. The molecule has 0 spiro atoms. The molecule has 0 fully saturated rings. The van der Waals surface area contributed by atoms with Crippen molar-refractivity contribution < 1.29 is 8.42 Å². The number of hydrogen-bond donors (Lipinski definition) is 1. The number of nitrogen functional groups attached to an aromatic ring is 1. The van der Waals surface area contributed by atoms with E-state index in [1.165, 1.54) is 6.26 Å². The van der Waals surface area contributed by atoms with Gasteiger partial charge in [0, 0.05) is 19.3 Å². The number of rotatable bonds is 5. The quantitative estimate of drug-likeness (QED) is 0.844. The molecule has 108 valence electrons. The van der Waals surface area contributed by atoms with Crippen LogP contribution >= 0.6 is 0 Å². The van der Waals surface area contributed by atoms with Gasteiger partial charge in [-0.2, -0.15) is 0 Å². The molecule has 0 saturated carbocycles. The molecule has 0 heterocycles. The summed E-state index contributed by atoms with van der Waals surface area (Å²) in [6, 6.07) is 5.45. The average Bonchev–Trinajstić information content (AvgIpc) is 2.25. The number of nitrogens with two attached hydrogens (primary N) is 1. The summed E-state index contributed by atoms with van der Waals surface area (Å²) in [5.41, 5.74) is 7.13. The Morgan fingerprint density at radius 2 is 1.84 bits per heavy atom. The third-order valence-electron chi connectivity index (χ3n) is 3.30. The second-order valence-corrected chi connectivity index (χ2v) is 7.53. The Hall–Kier alpha value is -1.23. The first-order valence-corrected chi connectivity index (χ1v) is 8.35. The smallest absolute Gasteiger partial charge is 0.177 e. The summed E-state index contributed by atoms with van der Waals surface area (Å²) < 4.78 is 23.4. The van der Waals surface area contributed by atoms with Crippen molar-refractivity contribution in [1.29, 1.82) is 0 Å². The van der Waals surface area contributed by atoms with Crippen LogP contribution in [0.5, 0.6) is 0 Å². The van der Waals surface area contributed by atoms with E-state index in [-0.39, 0.29) is 4.90 Å². The molecule has 19 heavy (non-hydrogen) atoms. The van der Waals surface area contributed by atoms with Crippen LogP contribution in [0.3, 0.4) is 0 Å². The highest BCUT2D eigenvalue weighted by Crippen LogP contribution is 2.31. The number of anilines is 2. The van der Waals surface area contributed by atoms with Gasteiger partial charge in [-0.15, -0.1) is 0 Å². The molecule has 0 bridgehead atoms. The van der Waals surface area contributed by atoms with Gasteiger partial charge in [-0.1, -0.05) is 19.9 Å². The lowest BCUT2D eigenvalue weighted by Gasteiger charge is -2.29. The van der Waals surface area contributed by atoms with Crippen LogP contribution in [0.1, 0.15) is 27.2 Å². The maximum atomic E-state index is 11.7. The third kappa shape index (κ3) is 3.86. The molecule has 1 aromatic rings. The molecule has 1 atom stereocenters. The van der Waals surface area contributed by atoms with Crippen LogP contribution < -0.4 is 10.6 Å². The first kappa shape index (κ1) is 15.8. The predicted octanol–water partition coefficient (Wildman–Crippen LogP) is 2.54. The van der Waals surface area contributed by atoms with Crippen LogP contribution in [0.25, 0.3) is 0 Å². The third-order valence-corrected chi connectivity index (χ3v) is 4.45. The summed E-state index contributed by atoms with van der Waals surface area (Å²) >= 11 is 0. The summed E-state index contributed by atoms with van der Waals surface area (Å²) in [5, 5.41) is 0. The predicted molar refractivity (Wildman–Crippen MR) is 81.3 cm³/mol. The van der Waals surface area contributed by atoms with Crippen molar-refractivity contribution in [3.63, 3.8) is 0 Å². The van der Waals surface area contributed by atoms with Crippen molar-refractivity contribution >= 4 is 21.2 Å². The maximum Gasteiger partial charge on any atom is 0.177 e. The van der Waals surface area contributed by atoms with Gasteiger partial charge < -0.3 is 10.6 Å². The normalized spacial score (nSPS) is 13.6. The Labute approximate surface area is 116 Å². The second-order valence-electron chi connectivity index (χ2n) is 5.55. The van der Waals surface area contributed by atoms with Crippen LogP contribution in [-0.4, -0.2) is 27.8 Å². The van der Waals surface area contributed by atoms with Gasteiger partial charge in [0.05, 0.1) is 16.3 Å². The van der Waals surface area contributed by atoms with Crippen molar-refractivity contribution in [2.75, 3.05) is 23.9 Å². The van der Waals surface area contributed by atoms with Gasteiger partial charge in [0.1, 0.15) is 0 Å². The molecular formula is C14H24N2O2S. The molecule has 0 aliphatic carbocycles. The molecule has 2 N–H and O–H groups in total. The lowest BCUT2D eigenvalue weighted by molar-refractivity contribution is 0.504. The van der Waals surface area contributed by atoms with E-state index in [9.17, 15) is 8.42 Å². The van der Waals surface area contributed by atoms with E-state index >= 15 is 0 Å². The minimum atomic E-state index is -3.29. The molecule has 1 unspecified atom stereocenters. The summed E-state index contributed by atoms with van der Waals surface area (Å²) in [4.78, 5) is 2.25. The number of benzene rings is 1. The van der Waals surface area contributed by atoms with Crippen molar-refractivity contribution in [3.8, 4) is 0 Å². The molecular weight excluding hydrogens is 260 g/mol. The molecule has 0 aromatic heterocycles.